The van der Waals surface area contributed by atoms with E-state index in [-0.39, 0.29) is 24.0 Å². The standard InChI is InChI=1S/C13H20N4O4/c1-13(2,3)9-5-10(15-21-9)17-8(6-14-11(18)19)7-16(4)12(17)20/h5,8,14H,6-7H2,1-4H3,(H,18,19). The van der Waals surface area contributed by atoms with Crippen LogP contribution in [0.15, 0.2) is 10.6 Å². The molecule has 2 N–H and O–H groups in total. The average Bonchev–Trinajstić information content (AvgIpc) is 2.93. The van der Waals surface area contributed by atoms with Crippen LogP contribution >= 0.6 is 0 Å². The molecule has 8 heteroatoms. The van der Waals surface area contributed by atoms with Crippen LogP contribution in [-0.4, -0.2) is 53.5 Å². The zero-order valence-corrected chi connectivity index (χ0v) is 12.6. The number of carbonyl (C=O) groups excluding carboxylic acids is 1. The first-order chi connectivity index (χ1) is 9.70. The lowest BCUT2D eigenvalue weighted by molar-refractivity contribution is 0.193. The smallest absolute Gasteiger partial charge is 0.404 e. The molecular formula is C13H20N4O4. The summed E-state index contributed by atoms with van der Waals surface area (Å²) in [6, 6.07) is 1.20. The van der Waals surface area contributed by atoms with E-state index < -0.39 is 6.09 Å². The minimum atomic E-state index is -1.12. The van der Waals surface area contributed by atoms with E-state index in [0.717, 1.165) is 0 Å². The van der Waals surface area contributed by atoms with Crippen molar-refractivity contribution in [1.82, 2.24) is 15.4 Å². The monoisotopic (exact) mass is 296 g/mol. The van der Waals surface area contributed by atoms with Crippen LogP contribution in [-0.2, 0) is 5.41 Å². The van der Waals surface area contributed by atoms with Crippen molar-refractivity contribution in [3.05, 3.63) is 11.8 Å². The van der Waals surface area contributed by atoms with Crippen LogP contribution in [0.4, 0.5) is 15.4 Å². The van der Waals surface area contributed by atoms with Gasteiger partial charge >= 0.3 is 12.1 Å². The number of nitrogens with one attached hydrogen (secondary N) is 1. The highest BCUT2D eigenvalue weighted by atomic mass is 16.5. The molecule has 1 aromatic heterocycles. The van der Waals surface area contributed by atoms with Crippen molar-refractivity contribution in [2.24, 2.45) is 0 Å². The van der Waals surface area contributed by atoms with Gasteiger partial charge in [-0.3, -0.25) is 4.90 Å². The third-order valence-electron chi connectivity index (χ3n) is 3.36. The summed E-state index contributed by atoms with van der Waals surface area (Å²) in [7, 11) is 1.67. The molecule has 0 bridgehead atoms. The van der Waals surface area contributed by atoms with Gasteiger partial charge in [-0.25, -0.2) is 9.59 Å². The van der Waals surface area contributed by atoms with E-state index in [4.69, 9.17) is 9.63 Å². The van der Waals surface area contributed by atoms with Gasteiger partial charge in [0.05, 0.1) is 6.04 Å². The molecule has 3 amide bonds. The van der Waals surface area contributed by atoms with Crippen LogP contribution in [0.25, 0.3) is 0 Å². The average molecular weight is 296 g/mol. The van der Waals surface area contributed by atoms with Crippen LogP contribution in [0.1, 0.15) is 26.5 Å². The number of hydrogen-bond acceptors (Lipinski definition) is 4. The fraction of sp³-hybridized carbons (Fsp3) is 0.615. The molecule has 0 spiro atoms. The van der Waals surface area contributed by atoms with Crippen LogP contribution in [0, 0.1) is 0 Å². The molecule has 1 aromatic rings. The molecule has 8 nitrogen and oxygen atoms in total. The summed E-state index contributed by atoms with van der Waals surface area (Å²) in [5.41, 5.74) is -0.214. The predicted molar refractivity (Wildman–Crippen MR) is 75.5 cm³/mol. The number of carbonyl (C=O) groups is 2. The fourth-order valence-electron chi connectivity index (χ4n) is 2.19. The summed E-state index contributed by atoms with van der Waals surface area (Å²) in [5, 5.41) is 15.0. The van der Waals surface area contributed by atoms with Gasteiger partial charge in [-0.1, -0.05) is 25.9 Å². The summed E-state index contributed by atoms with van der Waals surface area (Å²) >= 11 is 0. The molecule has 0 saturated carbocycles. The molecule has 1 atom stereocenters. The third-order valence-corrected chi connectivity index (χ3v) is 3.36. The van der Waals surface area contributed by atoms with E-state index in [1.54, 1.807) is 13.1 Å². The largest absolute Gasteiger partial charge is 0.465 e. The zero-order chi connectivity index (χ0) is 15.8. The Hall–Kier alpha value is -2.25. The molecule has 0 aliphatic carbocycles. The Morgan fingerprint density at radius 3 is 2.76 bits per heavy atom. The lowest BCUT2D eigenvalue weighted by Gasteiger charge is -2.19. The quantitative estimate of drug-likeness (QED) is 0.880. The highest BCUT2D eigenvalue weighted by molar-refractivity contribution is 5.94. The van der Waals surface area contributed by atoms with Gasteiger partial charge in [0.15, 0.2) is 5.82 Å². The van der Waals surface area contributed by atoms with Gasteiger partial charge in [0.1, 0.15) is 5.76 Å². The van der Waals surface area contributed by atoms with Crippen molar-refractivity contribution >= 4 is 17.9 Å². The number of urea groups is 1. The van der Waals surface area contributed by atoms with Crippen molar-refractivity contribution < 1.29 is 19.2 Å². The maximum absolute atomic E-state index is 12.2. The van der Waals surface area contributed by atoms with Gasteiger partial charge in [0.2, 0.25) is 0 Å². The summed E-state index contributed by atoms with van der Waals surface area (Å²) in [4.78, 5) is 25.8. The van der Waals surface area contributed by atoms with Gasteiger partial charge in [-0.15, -0.1) is 0 Å². The van der Waals surface area contributed by atoms with Crippen molar-refractivity contribution in [1.29, 1.82) is 0 Å². The third kappa shape index (κ3) is 3.09. The van der Waals surface area contributed by atoms with E-state index in [0.29, 0.717) is 18.1 Å². The molecule has 1 saturated heterocycles. The maximum atomic E-state index is 12.2. The molecule has 1 unspecified atom stereocenters. The van der Waals surface area contributed by atoms with Crippen molar-refractivity contribution in [2.75, 3.05) is 25.0 Å². The zero-order valence-electron chi connectivity index (χ0n) is 12.6. The molecule has 2 rings (SSSR count). The number of amides is 3. The summed E-state index contributed by atoms with van der Waals surface area (Å²) in [6.45, 7) is 6.52. The molecule has 116 valence electrons. The van der Waals surface area contributed by atoms with Gasteiger partial charge in [-0.05, 0) is 0 Å². The van der Waals surface area contributed by atoms with Crippen LogP contribution in [0.2, 0.25) is 0 Å². The lowest BCUT2D eigenvalue weighted by atomic mass is 9.93. The summed E-state index contributed by atoms with van der Waals surface area (Å²) in [5.74, 6) is 1.08. The van der Waals surface area contributed by atoms with E-state index in [1.165, 1.54) is 9.80 Å². The molecule has 21 heavy (non-hydrogen) atoms. The minimum Gasteiger partial charge on any atom is -0.465 e. The maximum Gasteiger partial charge on any atom is 0.404 e. The van der Waals surface area contributed by atoms with Crippen molar-refractivity contribution in [3.8, 4) is 0 Å². The van der Waals surface area contributed by atoms with Crippen molar-refractivity contribution in [2.45, 2.75) is 32.2 Å². The highest BCUT2D eigenvalue weighted by Crippen LogP contribution is 2.29. The second-order valence-corrected chi connectivity index (χ2v) is 6.17. The van der Waals surface area contributed by atoms with Gasteiger partial charge in [0, 0.05) is 31.6 Å². The van der Waals surface area contributed by atoms with Crippen LogP contribution in [0.5, 0.6) is 0 Å². The van der Waals surface area contributed by atoms with E-state index >= 15 is 0 Å². The summed E-state index contributed by atoms with van der Waals surface area (Å²) in [6.07, 6.45) is -1.12. The number of anilines is 1. The number of likely N-dealkylation sites (N-methyl/N-ethyl adjacent to an activating group) is 1. The predicted octanol–water partition coefficient (Wildman–Crippen LogP) is 1.48. The van der Waals surface area contributed by atoms with Gasteiger partial charge < -0.3 is 19.8 Å². The number of aromatic nitrogens is 1. The summed E-state index contributed by atoms with van der Waals surface area (Å²) < 4.78 is 5.30. The first-order valence-electron chi connectivity index (χ1n) is 6.68. The molecular weight excluding hydrogens is 276 g/mol. The number of rotatable bonds is 3. The first kappa shape index (κ1) is 15.1. The molecule has 2 heterocycles. The molecule has 1 fully saturated rings. The number of carboxylic acid groups (broad SMARTS) is 1. The minimum absolute atomic E-state index is 0.142. The van der Waals surface area contributed by atoms with E-state index in [2.05, 4.69) is 10.5 Å². The van der Waals surface area contributed by atoms with Crippen LogP contribution in [0.3, 0.4) is 0 Å². The Bertz CT molecular complexity index is 549. The Labute approximate surface area is 122 Å². The lowest BCUT2D eigenvalue weighted by Crippen LogP contribution is -2.42. The molecule has 0 aromatic carbocycles. The Morgan fingerprint density at radius 1 is 1.57 bits per heavy atom. The molecule has 1 aliphatic rings. The van der Waals surface area contributed by atoms with Crippen molar-refractivity contribution in [3.63, 3.8) is 0 Å². The van der Waals surface area contributed by atoms with Gasteiger partial charge in [0.25, 0.3) is 0 Å². The fourth-order valence-corrected chi connectivity index (χ4v) is 2.19. The molecule has 0 radical (unpaired) electrons. The van der Waals surface area contributed by atoms with Crippen LogP contribution < -0.4 is 10.2 Å². The van der Waals surface area contributed by atoms with E-state index in [9.17, 15) is 9.59 Å². The molecule has 1 aliphatic heterocycles. The number of nitrogens with zero attached hydrogens (tertiary/aromatic N) is 3. The second kappa shape index (κ2) is 5.27. The SMILES string of the molecule is CN1CC(CNC(=O)O)N(c2cc(C(C)(C)C)on2)C1=O. The topological polar surface area (TPSA) is 98.9 Å². The first-order valence-corrected chi connectivity index (χ1v) is 6.68. The Balaban J connectivity index is 2.23. The highest BCUT2D eigenvalue weighted by Gasteiger charge is 2.38. The normalized spacial score (nSPS) is 19.2. The van der Waals surface area contributed by atoms with E-state index in [1.807, 2.05) is 20.8 Å². The Morgan fingerprint density at radius 2 is 2.24 bits per heavy atom. The van der Waals surface area contributed by atoms with Gasteiger partial charge in [-0.2, -0.15) is 0 Å². The number of hydrogen-bond donors (Lipinski definition) is 2. The second-order valence-electron chi connectivity index (χ2n) is 6.17. The Kier molecular flexibility index (Phi) is 3.80.